The number of hydrogen-bond acceptors (Lipinski definition) is 2. The largest absolute Gasteiger partial charge is 0.481 e. The molecule has 0 radical (unpaired) electrons. The third-order valence-corrected chi connectivity index (χ3v) is 3.20. The summed E-state index contributed by atoms with van der Waals surface area (Å²) >= 11 is 0. The molecule has 0 aliphatic carbocycles. The lowest BCUT2D eigenvalue weighted by Gasteiger charge is -2.25. The summed E-state index contributed by atoms with van der Waals surface area (Å²) in [6, 6.07) is 0.277. The highest BCUT2D eigenvalue weighted by atomic mass is 16.4. The van der Waals surface area contributed by atoms with Gasteiger partial charge in [0.25, 0.3) is 0 Å². The first-order chi connectivity index (χ1) is 6.70. The van der Waals surface area contributed by atoms with Gasteiger partial charge in [0.15, 0.2) is 0 Å². The van der Waals surface area contributed by atoms with Gasteiger partial charge in [-0.15, -0.1) is 0 Å². The maximum atomic E-state index is 11.0. The summed E-state index contributed by atoms with van der Waals surface area (Å²) in [6.45, 7) is 6.30. The molecular formula is C11H21NO2. The molecular weight excluding hydrogens is 178 g/mol. The van der Waals surface area contributed by atoms with Crippen molar-refractivity contribution >= 4 is 5.97 Å². The second-order valence-corrected chi connectivity index (χ2v) is 4.10. The molecule has 1 fully saturated rings. The number of carboxylic acid groups (broad SMARTS) is 1. The molecule has 2 atom stereocenters. The number of aliphatic carboxylic acids is 1. The summed E-state index contributed by atoms with van der Waals surface area (Å²) in [5.41, 5.74) is 0. The van der Waals surface area contributed by atoms with Gasteiger partial charge in [-0.25, -0.2) is 0 Å². The van der Waals surface area contributed by atoms with E-state index < -0.39 is 5.97 Å². The summed E-state index contributed by atoms with van der Waals surface area (Å²) in [5.74, 6) is -0.743. The van der Waals surface area contributed by atoms with E-state index in [0.717, 1.165) is 25.9 Å². The van der Waals surface area contributed by atoms with Crippen molar-refractivity contribution in [3.05, 3.63) is 0 Å². The zero-order valence-corrected chi connectivity index (χ0v) is 9.20. The summed E-state index contributed by atoms with van der Waals surface area (Å²) in [5, 5.41) is 9.03. The van der Waals surface area contributed by atoms with Gasteiger partial charge in [0.05, 0.1) is 5.92 Å². The van der Waals surface area contributed by atoms with Gasteiger partial charge in [-0.05, 0) is 32.4 Å². The van der Waals surface area contributed by atoms with E-state index in [0.29, 0.717) is 0 Å². The van der Waals surface area contributed by atoms with E-state index in [9.17, 15) is 4.79 Å². The fourth-order valence-corrected chi connectivity index (χ4v) is 2.39. The molecule has 0 spiro atoms. The first-order valence-corrected chi connectivity index (χ1v) is 5.67. The maximum absolute atomic E-state index is 11.0. The fourth-order valence-electron chi connectivity index (χ4n) is 2.39. The number of hydrogen-bond donors (Lipinski definition) is 1. The van der Waals surface area contributed by atoms with Crippen LogP contribution in [0.5, 0.6) is 0 Å². The highest BCUT2D eigenvalue weighted by Gasteiger charge is 2.36. The van der Waals surface area contributed by atoms with Crippen molar-refractivity contribution in [3.8, 4) is 0 Å². The summed E-state index contributed by atoms with van der Waals surface area (Å²) < 4.78 is 0. The molecule has 3 nitrogen and oxygen atoms in total. The van der Waals surface area contributed by atoms with Crippen LogP contribution in [-0.4, -0.2) is 35.1 Å². The van der Waals surface area contributed by atoms with Gasteiger partial charge in [-0.2, -0.15) is 0 Å². The van der Waals surface area contributed by atoms with Crippen LogP contribution in [0.1, 0.15) is 39.5 Å². The van der Waals surface area contributed by atoms with Crippen molar-refractivity contribution in [1.29, 1.82) is 0 Å². The standard InChI is InChI=1S/C11H21NO2/c1-3-5-7-12-8-6-9(11(13)14)10(12)4-2/h9-10H,3-8H2,1-2H3,(H,13,14). The number of nitrogens with zero attached hydrogens (tertiary/aromatic N) is 1. The van der Waals surface area contributed by atoms with E-state index in [1.807, 2.05) is 0 Å². The Morgan fingerprint density at radius 1 is 1.50 bits per heavy atom. The quantitative estimate of drug-likeness (QED) is 0.736. The summed E-state index contributed by atoms with van der Waals surface area (Å²) in [4.78, 5) is 13.3. The molecule has 0 amide bonds. The summed E-state index contributed by atoms with van der Waals surface area (Å²) in [7, 11) is 0. The molecule has 82 valence electrons. The molecule has 0 aromatic rings. The van der Waals surface area contributed by atoms with Crippen molar-refractivity contribution in [3.63, 3.8) is 0 Å². The van der Waals surface area contributed by atoms with Gasteiger partial charge in [-0.3, -0.25) is 9.69 Å². The second kappa shape index (κ2) is 5.35. The van der Waals surface area contributed by atoms with Gasteiger partial charge in [0, 0.05) is 6.04 Å². The molecule has 3 heteroatoms. The highest BCUT2D eigenvalue weighted by Crippen LogP contribution is 2.27. The molecule has 0 aromatic heterocycles. The van der Waals surface area contributed by atoms with Crippen LogP contribution in [0.2, 0.25) is 0 Å². The average molecular weight is 199 g/mol. The Hall–Kier alpha value is -0.570. The van der Waals surface area contributed by atoms with Crippen molar-refractivity contribution < 1.29 is 9.90 Å². The lowest BCUT2D eigenvalue weighted by Crippen LogP contribution is -2.35. The lowest BCUT2D eigenvalue weighted by molar-refractivity contribution is -0.142. The number of rotatable bonds is 5. The van der Waals surface area contributed by atoms with Gasteiger partial charge in [0.2, 0.25) is 0 Å². The minimum Gasteiger partial charge on any atom is -0.481 e. The molecule has 1 saturated heterocycles. The van der Waals surface area contributed by atoms with Crippen LogP contribution in [0, 0.1) is 5.92 Å². The molecule has 0 aromatic carbocycles. The Bertz CT molecular complexity index is 194. The Morgan fingerprint density at radius 2 is 2.21 bits per heavy atom. The zero-order chi connectivity index (χ0) is 10.6. The second-order valence-electron chi connectivity index (χ2n) is 4.10. The molecule has 1 rings (SSSR count). The van der Waals surface area contributed by atoms with Crippen molar-refractivity contribution in [2.24, 2.45) is 5.92 Å². The van der Waals surface area contributed by atoms with E-state index in [1.54, 1.807) is 0 Å². The van der Waals surface area contributed by atoms with Crippen LogP contribution in [0.25, 0.3) is 0 Å². The van der Waals surface area contributed by atoms with E-state index in [2.05, 4.69) is 18.7 Å². The molecule has 1 heterocycles. The number of carboxylic acids is 1. The maximum Gasteiger partial charge on any atom is 0.308 e. The van der Waals surface area contributed by atoms with Crippen molar-refractivity contribution in [2.75, 3.05) is 13.1 Å². The predicted octanol–water partition coefficient (Wildman–Crippen LogP) is 1.97. The third kappa shape index (κ3) is 2.47. The molecule has 14 heavy (non-hydrogen) atoms. The Labute approximate surface area is 86.1 Å². The van der Waals surface area contributed by atoms with Crippen LogP contribution in [0.15, 0.2) is 0 Å². The number of unbranched alkanes of at least 4 members (excludes halogenated alkanes) is 1. The van der Waals surface area contributed by atoms with E-state index in [4.69, 9.17) is 5.11 Å². The monoisotopic (exact) mass is 199 g/mol. The third-order valence-electron chi connectivity index (χ3n) is 3.20. The number of carbonyl (C=O) groups is 1. The van der Waals surface area contributed by atoms with Crippen molar-refractivity contribution in [2.45, 2.75) is 45.6 Å². The van der Waals surface area contributed by atoms with Crippen LogP contribution in [0.4, 0.5) is 0 Å². The first kappa shape index (κ1) is 11.5. The van der Waals surface area contributed by atoms with Gasteiger partial charge < -0.3 is 5.11 Å². The molecule has 2 unspecified atom stereocenters. The Morgan fingerprint density at radius 3 is 2.71 bits per heavy atom. The fraction of sp³-hybridized carbons (Fsp3) is 0.909. The van der Waals surface area contributed by atoms with Crippen LogP contribution < -0.4 is 0 Å². The SMILES string of the molecule is CCCCN1CCC(C(=O)O)C1CC. The van der Waals surface area contributed by atoms with Gasteiger partial charge in [-0.1, -0.05) is 20.3 Å². The Balaban J connectivity index is 2.50. The average Bonchev–Trinajstić information content (AvgIpc) is 2.57. The van der Waals surface area contributed by atoms with E-state index in [-0.39, 0.29) is 12.0 Å². The van der Waals surface area contributed by atoms with E-state index in [1.165, 1.54) is 12.8 Å². The van der Waals surface area contributed by atoms with Crippen LogP contribution in [-0.2, 0) is 4.79 Å². The first-order valence-electron chi connectivity index (χ1n) is 5.67. The van der Waals surface area contributed by atoms with Gasteiger partial charge >= 0.3 is 5.97 Å². The minimum absolute atomic E-state index is 0.128. The topological polar surface area (TPSA) is 40.5 Å². The normalized spacial score (nSPS) is 28.1. The lowest BCUT2D eigenvalue weighted by atomic mass is 9.98. The predicted molar refractivity (Wildman–Crippen MR) is 56.3 cm³/mol. The Kier molecular flexibility index (Phi) is 4.39. The highest BCUT2D eigenvalue weighted by molar-refractivity contribution is 5.71. The van der Waals surface area contributed by atoms with Crippen molar-refractivity contribution in [1.82, 2.24) is 4.90 Å². The molecule has 0 saturated carbocycles. The molecule has 0 bridgehead atoms. The van der Waals surface area contributed by atoms with Crippen LogP contribution in [0.3, 0.4) is 0 Å². The van der Waals surface area contributed by atoms with Crippen LogP contribution >= 0.6 is 0 Å². The summed E-state index contributed by atoms with van der Waals surface area (Å²) in [6.07, 6.45) is 4.16. The number of likely N-dealkylation sites (tertiary alicyclic amines) is 1. The molecule has 1 aliphatic heterocycles. The zero-order valence-electron chi connectivity index (χ0n) is 9.20. The molecule has 1 aliphatic rings. The van der Waals surface area contributed by atoms with Gasteiger partial charge in [0.1, 0.15) is 0 Å². The minimum atomic E-state index is -0.615. The van der Waals surface area contributed by atoms with E-state index >= 15 is 0 Å². The molecule has 1 N–H and O–H groups in total. The smallest absolute Gasteiger partial charge is 0.308 e.